The molecule has 0 fully saturated rings. The lowest BCUT2D eigenvalue weighted by molar-refractivity contribution is 0.961. The second kappa shape index (κ2) is 14.0. The van der Waals surface area contributed by atoms with Crippen LogP contribution in [-0.4, -0.2) is 0 Å². The van der Waals surface area contributed by atoms with E-state index in [0.29, 0.717) is 0 Å². The topological polar surface area (TPSA) is 0 Å². The molecular weight excluding hydrogens is 192 g/mol. The Bertz CT molecular complexity index is 228. The Morgan fingerprint density at radius 3 is 1.94 bits per heavy atom. The van der Waals surface area contributed by atoms with Gasteiger partial charge in [-0.3, -0.25) is 0 Å². The highest BCUT2D eigenvalue weighted by Gasteiger charge is 1.99. The van der Waals surface area contributed by atoms with Gasteiger partial charge in [-0.1, -0.05) is 55.7 Å². The van der Waals surface area contributed by atoms with Gasteiger partial charge in [0.05, 0.1) is 0 Å². The molecule has 0 aromatic heterocycles. The predicted molar refractivity (Wildman–Crippen MR) is 77.7 cm³/mol. The van der Waals surface area contributed by atoms with Crippen LogP contribution in [0.2, 0.25) is 0 Å². The number of hydrogen-bond donors (Lipinski definition) is 0. The summed E-state index contributed by atoms with van der Waals surface area (Å²) in [5, 5.41) is 0. The van der Waals surface area contributed by atoms with Gasteiger partial charge in [-0.2, -0.15) is 0 Å². The quantitative estimate of drug-likeness (QED) is 0.524. The summed E-state index contributed by atoms with van der Waals surface area (Å²) in [6.07, 6.45) is 12.9. The minimum Gasteiger partial charge on any atom is -0.103 e. The first-order valence-corrected chi connectivity index (χ1v) is 6.19. The normalized spacial score (nSPS) is 12.2. The molecule has 1 aliphatic rings. The Balaban J connectivity index is 0. The van der Waals surface area contributed by atoms with E-state index in [1.165, 1.54) is 24.8 Å². The molecule has 0 aromatic rings. The van der Waals surface area contributed by atoms with Gasteiger partial charge in [-0.25, -0.2) is 0 Å². The van der Waals surface area contributed by atoms with Gasteiger partial charge in [0.1, 0.15) is 0 Å². The van der Waals surface area contributed by atoms with Crippen molar-refractivity contribution >= 4 is 0 Å². The van der Waals surface area contributed by atoms with Gasteiger partial charge in [0.15, 0.2) is 0 Å². The van der Waals surface area contributed by atoms with Crippen molar-refractivity contribution in [1.29, 1.82) is 0 Å². The molecule has 0 bridgehead atoms. The number of unbranched alkanes of at least 4 members (excludes halogenated alkanes) is 1. The second-order valence-corrected chi connectivity index (χ2v) is 3.85. The molecule has 0 heteroatoms. The molecule has 92 valence electrons. The van der Waals surface area contributed by atoms with E-state index >= 15 is 0 Å². The molecule has 0 heterocycles. The van der Waals surface area contributed by atoms with Crippen LogP contribution in [-0.2, 0) is 0 Å². The summed E-state index contributed by atoms with van der Waals surface area (Å²) >= 11 is 0. The summed E-state index contributed by atoms with van der Waals surface area (Å²) in [6.45, 7) is 15.3. The van der Waals surface area contributed by atoms with E-state index in [4.69, 9.17) is 0 Å². The molecule has 0 saturated heterocycles. The summed E-state index contributed by atoms with van der Waals surface area (Å²) in [6, 6.07) is 0. The second-order valence-electron chi connectivity index (χ2n) is 3.85. The smallest absolute Gasteiger partial charge is 0.0105 e. The van der Waals surface area contributed by atoms with Crippen molar-refractivity contribution < 1.29 is 0 Å². The van der Waals surface area contributed by atoms with E-state index in [1.54, 1.807) is 11.6 Å². The van der Waals surface area contributed by atoms with Gasteiger partial charge >= 0.3 is 0 Å². The van der Waals surface area contributed by atoms with Crippen molar-refractivity contribution in [2.75, 3.05) is 0 Å². The zero-order valence-corrected chi connectivity index (χ0v) is 11.6. The molecule has 0 aliphatic heterocycles. The molecule has 1 aliphatic carbocycles. The van der Waals surface area contributed by atoms with E-state index < -0.39 is 0 Å². The highest BCUT2D eigenvalue weighted by Crippen LogP contribution is 2.19. The van der Waals surface area contributed by atoms with E-state index in [9.17, 15) is 0 Å². The minimum absolute atomic E-state index is 1.15. The van der Waals surface area contributed by atoms with Crippen LogP contribution in [0.1, 0.15) is 53.4 Å². The monoisotopic (exact) mass is 220 g/mol. The van der Waals surface area contributed by atoms with Gasteiger partial charge < -0.3 is 0 Å². The Morgan fingerprint density at radius 1 is 1.25 bits per heavy atom. The molecule has 0 spiro atoms. The summed E-state index contributed by atoms with van der Waals surface area (Å²) in [7, 11) is 0. The van der Waals surface area contributed by atoms with Gasteiger partial charge in [0, 0.05) is 0 Å². The maximum atomic E-state index is 3.55. The van der Waals surface area contributed by atoms with Crippen LogP contribution in [0.3, 0.4) is 0 Å². The first-order chi connectivity index (χ1) is 7.65. The molecule has 0 saturated carbocycles. The van der Waals surface area contributed by atoms with Crippen LogP contribution in [0, 0.1) is 0 Å². The van der Waals surface area contributed by atoms with Crippen LogP contribution in [0.5, 0.6) is 0 Å². The van der Waals surface area contributed by atoms with Gasteiger partial charge in [-0.15, -0.1) is 13.2 Å². The summed E-state index contributed by atoms with van der Waals surface area (Å²) < 4.78 is 0. The Morgan fingerprint density at radius 2 is 1.81 bits per heavy atom. The summed E-state index contributed by atoms with van der Waals surface area (Å²) in [5.41, 5.74) is 3.07. The molecule has 0 unspecified atom stereocenters. The van der Waals surface area contributed by atoms with Crippen molar-refractivity contribution in [3.05, 3.63) is 48.6 Å². The Hall–Kier alpha value is -1.04. The highest BCUT2D eigenvalue weighted by molar-refractivity contribution is 5.28. The zero-order valence-electron chi connectivity index (χ0n) is 11.6. The van der Waals surface area contributed by atoms with Crippen LogP contribution in [0.15, 0.2) is 48.6 Å². The maximum Gasteiger partial charge on any atom is -0.0105 e. The largest absolute Gasteiger partial charge is 0.103 e. The highest BCUT2D eigenvalue weighted by atomic mass is 14.1. The van der Waals surface area contributed by atoms with Crippen LogP contribution >= 0.6 is 0 Å². The van der Waals surface area contributed by atoms with Crippen LogP contribution in [0.25, 0.3) is 0 Å². The molecule has 1 rings (SSSR count). The van der Waals surface area contributed by atoms with E-state index in [-0.39, 0.29) is 0 Å². The van der Waals surface area contributed by atoms with E-state index in [1.807, 2.05) is 13.0 Å². The van der Waals surface area contributed by atoms with Crippen LogP contribution < -0.4 is 0 Å². The van der Waals surface area contributed by atoms with Gasteiger partial charge in [0.25, 0.3) is 0 Å². The summed E-state index contributed by atoms with van der Waals surface area (Å²) in [4.78, 5) is 0. The van der Waals surface area contributed by atoms with Gasteiger partial charge in [-0.05, 0) is 33.1 Å². The maximum absolute atomic E-state index is 3.55. The first-order valence-electron chi connectivity index (χ1n) is 6.19. The van der Waals surface area contributed by atoms with Crippen LogP contribution in [0.4, 0.5) is 0 Å². The molecule has 0 atom stereocenters. The standard InChI is InChI=1S/C8H12.C5H10.C3H6/c1-3-8-5-4-7(2)6-8;1-3-5-4-2;1-3-2/h4-5H,3,6H2,1-2H3;3H,1,4-5H2,2H3;3H,1H2,2H3. The summed E-state index contributed by atoms with van der Waals surface area (Å²) in [5.74, 6) is 0. The van der Waals surface area contributed by atoms with E-state index in [2.05, 4.69) is 46.1 Å². The van der Waals surface area contributed by atoms with Crippen molar-refractivity contribution in [3.8, 4) is 0 Å². The Kier molecular flexibility index (Phi) is 15.1. The van der Waals surface area contributed by atoms with Crippen molar-refractivity contribution in [3.63, 3.8) is 0 Å². The third-order valence-electron chi connectivity index (χ3n) is 2.06. The minimum atomic E-state index is 1.15. The fraction of sp³-hybridized carbons (Fsp3) is 0.500. The number of allylic oxidation sites excluding steroid dienone is 6. The fourth-order valence-corrected chi connectivity index (χ4v) is 1.18. The van der Waals surface area contributed by atoms with E-state index in [0.717, 1.165) is 6.42 Å². The average Bonchev–Trinajstić information content (AvgIpc) is 2.67. The number of rotatable bonds is 3. The lowest BCUT2D eigenvalue weighted by Gasteiger charge is -1.93. The molecule has 0 amide bonds. The molecule has 0 nitrogen and oxygen atoms in total. The van der Waals surface area contributed by atoms with Gasteiger partial charge in [0.2, 0.25) is 0 Å². The Labute approximate surface area is 102 Å². The van der Waals surface area contributed by atoms with Crippen molar-refractivity contribution in [1.82, 2.24) is 0 Å². The first kappa shape index (κ1) is 17.4. The number of hydrogen-bond acceptors (Lipinski definition) is 0. The zero-order chi connectivity index (χ0) is 12.8. The van der Waals surface area contributed by atoms with Crippen molar-refractivity contribution in [2.24, 2.45) is 0 Å². The lowest BCUT2D eigenvalue weighted by atomic mass is 10.1. The average molecular weight is 220 g/mol. The molecule has 16 heavy (non-hydrogen) atoms. The molecular formula is C16H28. The predicted octanol–water partition coefficient (Wildman–Crippen LogP) is 5.84. The lowest BCUT2D eigenvalue weighted by Crippen LogP contribution is -1.73. The van der Waals surface area contributed by atoms with Crippen molar-refractivity contribution in [2.45, 2.75) is 53.4 Å². The fourth-order valence-electron chi connectivity index (χ4n) is 1.18. The molecule has 0 N–H and O–H groups in total. The SMILES string of the molecule is C=CC.C=CCCC.CCC1=CC=C(C)C1. The third-order valence-corrected chi connectivity index (χ3v) is 2.06. The third kappa shape index (κ3) is 13.0. The molecule has 0 radical (unpaired) electrons. The molecule has 0 aromatic carbocycles.